The van der Waals surface area contributed by atoms with Gasteiger partial charge in [-0.2, -0.15) is 0 Å². The van der Waals surface area contributed by atoms with Crippen LogP contribution in [0.15, 0.2) is 16.9 Å². The number of rotatable bonds is 3. The van der Waals surface area contributed by atoms with Crippen LogP contribution in [0.5, 0.6) is 0 Å². The molecule has 3 N–H and O–H groups in total. The highest BCUT2D eigenvalue weighted by Gasteiger charge is 2.06. The zero-order chi connectivity index (χ0) is 7.40. The van der Waals surface area contributed by atoms with Gasteiger partial charge in [0.15, 0.2) is 0 Å². The number of hydrogen-bond donors (Lipinski definition) is 2. The van der Waals surface area contributed by atoms with E-state index in [1.807, 2.05) is 0 Å². The summed E-state index contributed by atoms with van der Waals surface area (Å²) >= 11 is 0. The summed E-state index contributed by atoms with van der Waals surface area (Å²) in [6, 6.07) is 1.49. The van der Waals surface area contributed by atoms with Gasteiger partial charge in [0.2, 0.25) is 0 Å². The summed E-state index contributed by atoms with van der Waals surface area (Å²) in [6.07, 6.45) is 1.99. The van der Waals surface area contributed by atoms with Crippen LogP contribution in [0, 0.1) is 0 Å². The van der Waals surface area contributed by atoms with E-state index in [4.69, 9.17) is 10.8 Å². The molecular weight excluding hydrogens is 132 g/mol. The summed E-state index contributed by atoms with van der Waals surface area (Å²) < 4.78 is 4.57. The smallest absolute Gasteiger partial charge is 0.124 e. The Balaban J connectivity index is 2.50. The third kappa shape index (κ3) is 1.55. The quantitative estimate of drug-likeness (QED) is 0.625. The molecular formula is C6H10N2O2. The first-order chi connectivity index (χ1) is 4.84. The van der Waals surface area contributed by atoms with Crippen LogP contribution in [0.3, 0.4) is 0 Å². The van der Waals surface area contributed by atoms with Crippen molar-refractivity contribution in [1.82, 2.24) is 5.16 Å². The molecule has 0 aliphatic carbocycles. The van der Waals surface area contributed by atoms with Crippen LogP contribution < -0.4 is 5.73 Å². The highest BCUT2D eigenvalue weighted by Crippen LogP contribution is 2.09. The Hall–Kier alpha value is -0.870. The van der Waals surface area contributed by atoms with E-state index in [1.165, 1.54) is 6.26 Å². The van der Waals surface area contributed by atoms with E-state index >= 15 is 0 Å². The van der Waals surface area contributed by atoms with E-state index in [9.17, 15) is 0 Å². The van der Waals surface area contributed by atoms with E-state index in [0.717, 1.165) is 0 Å². The summed E-state index contributed by atoms with van der Waals surface area (Å²) in [5, 5.41) is 12.1. The lowest BCUT2D eigenvalue weighted by Gasteiger charge is -2.02. The van der Waals surface area contributed by atoms with Crippen molar-refractivity contribution in [3.8, 4) is 0 Å². The largest absolute Gasteiger partial charge is 0.396 e. The minimum atomic E-state index is -0.205. The van der Waals surface area contributed by atoms with Gasteiger partial charge in [0.1, 0.15) is 12.0 Å². The van der Waals surface area contributed by atoms with E-state index in [-0.39, 0.29) is 12.6 Å². The van der Waals surface area contributed by atoms with E-state index < -0.39 is 0 Å². The summed E-state index contributed by atoms with van der Waals surface area (Å²) in [5.74, 6) is 0. The molecule has 56 valence electrons. The van der Waals surface area contributed by atoms with Gasteiger partial charge < -0.3 is 15.4 Å². The lowest BCUT2D eigenvalue weighted by molar-refractivity contribution is 0.273. The van der Waals surface area contributed by atoms with Crippen LogP contribution in [-0.4, -0.2) is 16.9 Å². The fourth-order valence-electron chi connectivity index (χ4n) is 0.700. The number of nitrogens with zero attached hydrogens (tertiary/aromatic N) is 1. The van der Waals surface area contributed by atoms with Crippen LogP contribution in [0.2, 0.25) is 0 Å². The van der Waals surface area contributed by atoms with Crippen molar-refractivity contribution in [3.05, 3.63) is 18.0 Å². The molecule has 0 aliphatic rings. The van der Waals surface area contributed by atoms with Gasteiger partial charge in [-0.05, 0) is 6.42 Å². The standard InChI is InChI=1S/C6H10N2O2/c7-5(1-3-9)6-2-4-10-8-6/h2,4-5,9H,1,3,7H2. The number of aliphatic hydroxyl groups excluding tert-OH is 1. The third-order valence-electron chi connectivity index (χ3n) is 1.28. The number of nitrogens with two attached hydrogens (primary N) is 1. The van der Waals surface area contributed by atoms with Crippen molar-refractivity contribution < 1.29 is 9.63 Å². The zero-order valence-electron chi connectivity index (χ0n) is 5.53. The lowest BCUT2D eigenvalue weighted by atomic mass is 10.2. The Kier molecular flexibility index (Phi) is 2.42. The van der Waals surface area contributed by atoms with Crippen molar-refractivity contribution in [3.63, 3.8) is 0 Å². The van der Waals surface area contributed by atoms with Gasteiger partial charge in [0.25, 0.3) is 0 Å². The second kappa shape index (κ2) is 3.34. The SMILES string of the molecule is NC(CCO)c1ccon1. The van der Waals surface area contributed by atoms with Crippen molar-refractivity contribution in [2.45, 2.75) is 12.5 Å². The molecule has 0 radical (unpaired) electrons. The second-order valence-electron chi connectivity index (χ2n) is 2.04. The van der Waals surface area contributed by atoms with Gasteiger partial charge in [-0.15, -0.1) is 0 Å². The molecule has 0 saturated heterocycles. The van der Waals surface area contributed by atoms with Gasteiger partial charge in [0, 0.05) is 12.7 Å². The van der Waals surface area contributed by atoms with Crippen molar-refractivity contribution in [2.24, 2.45) is 5.73 Å². The van der Waals surface area contributed by atoms with Gasteiger partial charge in [0.05, 0.1) is 6.04 Å². The molecule has 1 aromatic heterocycles. The maximum absolute atomic E-state index is 8.50. The van der Waals surface area contributed by atoms with Crippen LogP contribution >= 0.6 is 0 Å². The van der Waals surface area contributed by atoms with Crippen LogP contribution in [0.25, 0.3) is 0 Å². The second-order valence-corrected chi connectivity index (χ2v) is 2.04. The maximum Gasteiger partial charge on any atom is 0.124 e. The summed E-state index contributed by atoms with van der Waals surface area (Å²) in [5.41, 5.74) is 6.26. The number of aliphatic hydroxyl groups is 1. The van der Waals surface area contributed by atoms with E-state index in [1.54, 1.807) is 6.07 Å². The average Bonchev–Trinajstić information content (AvgIpc) is 2.38. The molecule has 0 aromatic carbocycles. The van der Waals surface area contributed by atoms with E-state index in [0.29, 0.717) is 12.1 Å². The molecule has 0 aliphatic heterocycles. The molecule has 0 bridgehead atoms. The normalized spacial score (nSPS) is 13.4. The lowest BCUT2D eigenvalue weighted by Crippen LogP contribution is -2.11. The fraction of sp³-hybridized carbons (Fsp3) is 0.500. The van der Waals surface area contributed by atoms with Gasteiger partial charge >= 0.3 is 0 Å². The van der Waals surface area contributed by atoms with E-state index in [2.05, 4.69) is 9.68 Å². The molecule has 1 heterocycles. The minimum Gasteiger partial charge on any atom is -0.396 e. The third-order valence-corrected chi connectivity index (χ3v) is 1.28. The topological polar surface area (TPSA) is 72.3 Å². The van der Waals surface area contributed by atoms with Crippen molar-refractivity contribution >= 4 is 0 Å². The first-order valence-corrected chi connectivity index (χ1v) is 3.11. The van der Waals surface area contributed by atoms with Crippen LogP contribution in [0.4, 0.5) is 0 Å². The molecule has 0 amide bonds. The van der Waals surface area contributed by atoms with Gasteiger partial charge in [-0.1, -0.05) is 5.16 Å². The molecule has 1 atom stereocenters. The predicted molar refractivity (Wildman–Crippen MR) is 35.1 cm³/mol. The van der Waals surface area contributed by atoms with Gasteiger partial charge in [-0.3, -0.25) is 0 Å². The Morgan fingerprint density at radius 1 is 1.80 bits per heavy atom. The molecule has 10 heavy (non-hydrogen) atoms. The Bertz CT molecular complexity index is 174. The number of hydrogen-bond acceptors (Lipinski definition) is 4. The molecule has 0 spiro atoms. The molecule has 1 unspecified atom stereocenters. The summed E-state index contributed by atoms with van der Waals surface area (Å²) in [4.78, 5) is 0. The van der Waals surface area contributed by atoms with Gasteiger partial charge in [-0.25, -0.2) is 0 Å². The highest BCUT2D eigenvalue weighted by molar-refractivity contribution is 5.01. The number of aromatic nitrogens is 1. The average molecular weight is 142 g/mol. The zero-order valence-corrected chi connectivity index (χ0v) is 5.53. The van der Waals surface area contributed by atoms with Crippen molar-refractivity contribution in [1.29, 1.82) is 0 Å². The summed E-state index contributed by atoms with van der Waals surface area (Å²) in [6.45, 7) is 0.0774. The molecule has 1 aromatic rings. The maximum atomic E-state index is 8.50. The first kappa shape index (κ1) is 7.24. The van der Waals surface area contributed by atoms with Crippen LogP contribution in [0.1, 0.15) is 18.2 Å². The first-order valence-electron chi connectivity index (χ1n) is 3.11. The minimum absolute atomic E-state index is 0.0774. The highest BCUT2D eigenvalue weighted by atomic mass is 16.5. The molecule has 4 nitrogen and oxygen atoms in total. The molecule has 1 rings (SSSR count). The molecule has 0 fully saturated rings. The summed E-state index contributed by atoms with van der Waals surface area (Å²) in [7, 11) is 0. The fourth-order valence-corrected chi connectivity index (χ4v) is 0.700. The van der Waals surface area contributed by atoms with Crippen LogP contribution in [-0.2, 0) is 0 Å². The van der Waals surface area contributed by atoms with Crippen molar-refractivity contribution in [2.75, 3.05) is 6.61 Å². The Labute approximate surface area is 58.6 Å². The molecule has 0 saturated carbocycles. The molecule has 4 heteroatoms. The Morgan fingerprint density at radius 2 is 2.60 bits per heavy atom. The Morgan fingerprint density at radius 3 is 3.10 bits per heavy atom. The monoisotopic (exact) mass is 142 g/mol. The predicted octanol–water partition coefficient (Wildman–Crippen LogP) is 0.0568.